The largest absolute Gasteiger partial charge is 0.492 e. The molecule has 9 heteroatoms. The van der Waals surface area contributed by atoms with Crippen molar-refractivity contribution >= 4 is 16.6 Å². The molecule has 160 valence electrons. The lowest BCUT2D eigenvalue weighted by Gasteiger charge is -2.25. The number of nitrogens with two attached hydrogens (primary N) is 1. The Labute approximate surface area is 166 Å². The molecule has 1 aliphatic carbocycles. The summed E-state index contributed by atoms with van der Waals surface area (Å²) in [6.45, 7) is 1.05. The summed E-state index contributed by atoms with van der Waals surface area (Å²) in [5.41, 5.74) is 6.21. The molecule has 4 rings (SSSR count). The SMILES string of the molecule is C.COc1c(N2C[C@@H](C(F)(F)F)[C@@H](N)C2)c(F)cc2c(=O)c(C)cn(C3CC3)c12. The molecule has 0 unspecified atom stereocenters. The lowest BCUT2D eigenvalue weighted by atomic mass is 10.0. The summed E-state index contributed by atoms with van der Waals surface area (Å²) in [4.78, 5) is 13.9. The Morgan fingerprint density at radius 1 is 1.24 bits per heavy atom. The first-order valence-electron chi connectivity index (χ1n) is 9.12. The maximum Gasteiger partial charge on any atom is 0.395 e. The van der Waals surface area contributed by atoms with E-state index in [4.69, 9.17) is 10.5 Å². The summed E-state index contributed by atoms with van der Waals surface area (Å²) >= 11 is 0. The van der Waals surface area contributed by atoms with E-state index in [1.165, 1.54) is 12.0 Å². The normalized spacial score (nSPS) is 22.1. The molecule has 1 saturated carbocycles. The third-order valence-corrected chi connectivity index (χ3v) is 5.62. The van der Waals surface area contributed by atoms with E-state index >= 15 is 4.39 Å². The number of fused-ring (bicyclic) bond motifs is 1. The highest BCUT2D eigenvalue weighted by Crippen LogP contribution is 2.45. The Bertz CT molecular complexity index is 998. The highest BCUT2D eigenvalue weighted by molar-refractivity contribution is 5.92. The van der Waals surface area contributed by atoms with Gasteiger partial charge < -0.3 is 19.9 Å². The standard InChI is InChI=1S/C19H21F4N3O2.CH4/c1-9-6-26(10-3-4-10)15-11(17(9)27)5-13(20)16(18(15)28-2)25-7-12(14(24)8-25)19(21,22)23;/h5-6,10,12,14H,3-4,7-8,24H2,1-2H3;1H4/t12-,14+;/m1./s1. The second-order valence-electron chi connectivity index (χ2n) is 7.63. The van der Waals surface area contributed by atoms with Gasteiger partial charge in [0, 0.05) is 36.9 Å². The molecule has 0 radical (unpaired) electrons. The van der Waals surface area contributed by atoms with Crippen LogP contribution in [0.5, 0.6) is 5.75 Å². The number of hydrogen-bond acceptors (Lipinski definition) is 4. The molecule has 1 aromatic carbocycles. The quantitative estimate of drug-likeness (QED) is 0.776. The molecule has 0 spiro atoms. The van der Waals surface area contributed by atoms with Crippen LogP contribution in [0, 0.1) is 18.7 Å². The Balaban J connectivity index is 0.00000240. The van der Waals surface area contributed by atoms with Gasteiger partial charge in [0.1, 0.15) is 5.69 Å². The second kappa shape index (κ2) is 7.19. The zero-order valence-electron chi connectivity index (χ0n) is 15.5. The third kappa shape index (κ3) is 3.45. The third-order valence-electron chi connectivity index (χ3n) is 5.62. The van der Waals surface area contributed by atoms with Crippen molar-refractivity contribution in [1.29, 1.82) is 0 Å². The predicted octanol–water partition coefficient (Wildman–Crippen LogP) is 3.75. The van der Waals surface area contributed by atoms with Crippen LogP contribution in [0.2, 0.25) is 0 Å². The number of ether oxygens (including phenoxy) is 1. The van der Waals surface area contributed by atoms with Crippen LogP contribution in [-0.2, 0) is 0 Å². The number of hydrogen-bond donors (Lipinski definition) is 1. The van der Waals surface area contributed by atoms with Gasteiger partial charge in [0.05, 0.1) is 23.9 Å². The van der Waals surface area contributed by atoms with Crippen molar-refractivity contribution in [1.82, 2.24) is 4.57 Å². The summed E-state index contributed by atoms with van der Waals surface area (Å²) in [6, 6.07) is 0.106. The highest BCUT2D eigenvalue weighted by Gasteiger charge is 2.49. The molecule has 2 atom stereocenters. The van der Waals surface area contributed by atoms with E-state index in [9.17, 15) is 18.0 Å². The van der Waals surface area contributed by atoms with E-state index in [2.05, 4.69) is 0 Å². The molecule has 1 saturated heterocycles. The fourth-order valence-corrected chi connectivity index (χ4v) is 4.07. The summed E-state index contributed by atoms with van der Waals surface area (Å²) in [5, 5.41) is 0.167. The first kappa shape index (κ1) is 21.4. The summed E-state index contributed by atoms with van der Waals surface area (Å²) in [7, 11) is 1.33. The van der Waals surface area contributed by atoms with Gasteiger partial charge in [-0.1, -0.05) is 7.43 Å². The number of anilines is 1. The van der Waals surface area contributed by atoms with Crippen LogP contribution in [0.25, 0.3) is 10.9 Å². The van der Waals surface area contributed by atoms with Gasteiger partial charge in [0.25, 0.3) is 0 Å². The van der Waals surface area contributed by atoms with E-state index in [1.54, 1.807) is 13.1 Å². The van der Waals surface area contributed by atoms with Gasteiger partial charge in [-0.05, 0) is 25.8 Å². The number of pyridine rings is 1. The lowest BCUT2D eigenvalue weighted by Crippen LogP contribution is -2.38. The minimum Gasteiger partial charge on any atom is -0.492 e. The molecule has 1 aliphatic heterocycles. The van der Waals surface area contributed by atoms with Crippen molar-refractivity contribution < 1.29 is 22.3 Å². The minimum atomic E-state index is -4.47. The van der Waals surface area contributed by atoms with Gasteiger partial charge in [-0.25, -0.2) is 4.39 Å². The molecule has 2 fully saturated rings. The summed E-state index contributed by atoms with van der Waals surface area (Å²) < 4.78 is 62.1. The Morgan fingerprint density at radius 3 is 2.41 bits per heavy atom. The Morgan fingerprint density at radius 2 is 1.90 bits per heavy atom. The average molecular weight is 415 g/mol. The number of alkyl halides is 3. The first-order chi connectivity index (χ1) is 13.1. The molecule has 2 aliphatic rings. The number of aryl methyl sites for hydroxylation is 1. The van der Waals surface area contributed by atoms with Crippen LogP contribution in [-0.4, -0.2) is 37.0 Å². The lowest BCUT2D eigenvalue weighted by molar-refractivity contribution is -0.171. The minimum absolute atomic E-state index is 0. The second-order valence-corrected chi connectivity index (χ2v) is 7.63. The number of halogens is 4. The van der Waals surface area contributed by atoms with Gasteiger partial charge in [-0.15, -0.1) is 0 Å². The molecule has 2 N–H and O–H groups in total. The molecule has 29 heavy (non-hydrogen) atoms. The molecule has 2 aromatic rings. The molecule has 2 heterocycles. The van der Waals surface area contributed by atoms with E-state index in [-0.39, 0.29) is 42.3 Å². The Hall–Kier alpha value is -2.29. The highest BCUT2D eigenvalue weighted by atomic mass is 19.4. The van der Waals surface area contributed by atoms with Gasteiger partial charge >= 0.3 is 6.18 Å². The van der Waals surface area contributed by atoms with Crippen molar-refractivity contribution in [3.05, 3.63) is 33.9 Å². The maximum absolute atomic E-state index is 15.0. The molecular weight excluding hydrogens is 390 g/mol. The first-order valence-corrected chi connectivity index (χ1v) is 9.12. The Kier molecular flexibility index (Phi) is 5.31. The molecule has 0 bridgehead atoms. The summed E-state index contributed by atoms with van der Waals surface area (Å²) in [6.07, 6.45) is -0.932. The van der Waals surface area contributed by atoms with Crippen LogP contribution in [0.15, 0.2) is 17.1 Å². The number of nitrogens with zero attached hydrogens (tertiary/aromatic N) is 2. The van der Waals surface area contributed by atoms with E-state index in [0.717, 1.165) is 18.9 Å². The monoisotopic (exact) mass is 415 g/mol. The van der Waals surface area contributed by atoms with Crippen molar-refractivity contribution in [2.75, 3.05) is 25.1 Å². The van der Waals surface area contributed by atoms with E-state index in [0.29, 0.717) is 11.1 Å². The van der Waals surface area contributed by atoms with Gasteiger partial charge in [0.15, 0.2) is 17.0 Å². The number of methoxy groups -OCH3 is 1. The van der Waals surface area contributed by atoms with Gasteiger partial charge in [-0.2, -0.15) is 13.2 Å². The zero-order chi connectivity index (χ0) is 20.4. The number of benzene rings is 1. The van der Waals surface area contributed by atoms with Crippen molar-refractivity contribution in [2.45, 2.75) is 45.5 Å². The summed E-state index contributed by atoms with van der Waals surface area (Å²) in [5.74, 6) is -2.46. The van der Waals surface area contributed by atoms with Crippen molar-refractivity contribution in [3.8, 4) is 5.75 Å². The predicted molar refractivity (Wildman–Crippen MR) is 104 cm³/mol. The van der Waals surface area contributed by atoms with Crippen LogP contribution < -0.4 is 20.8 Å². The van der Waals surface area contributed by atoms with E-state index in [1.807, 2.05) is 4.57 Å². The fourth-order valence-electron chi connectivity index (χ4n) is 4.07. The number of aromatic nitrogens is 1. The van der Waals surface area contributed by atoms with Crippen LogP contribution >= 0.6 is 0 Å². The zero-order valence-corrected chi connectivity index (χ0v) is 15.5. The van der Waals surface area contributed by atoms with Gasteiger partial charge in [-0.3, -0.25) is 4.79 Å². The molecule has 1 aromatic heterocycles. The number of rotatable bonds is 3. The van der Waals surface area contributed by atoms with Crippen LogP contribution in [0.3, 0.4) is 0 Å². The molecular formula is C20H25F4N3O2. The van der Waals surface area contributed by atoms with Crippen LogP contribution in [0.4, 0.5) is 23.2 Å². The van der Waals surface area contributed by atoms with Crippen molar-refractivity contribution in [2.24, 2.45) is 11.7 Å². The van der Waals surface area contributed by atoms with Crippen LogP contribution in [0.1, 0.15) is 31.9 Å². The van der Waals surface area contributed by atoms with Gasteiger partial charge in [0.2, 0.25) is 0 Å². The maximum atomic E-state index is 15.0. The average Bonchev–Trinajstić information content (AvgIpc) is 3.38. The molecule has 0 amide bonds. The topological polar surface area (TPSA) is 60.5 Å². The fraction of sp³-hybridized carbons (Fsp3) is 0.550. The van der Waals surface area contributed by atoms with Crippen molar-refractivity contribution in [3.63, 3.8) is 0 Å². The smallest absolute Gasteiger partial charge is 0.395 e. The van der Waals surface area contributed by atoms with E-state index < -0.39 is 30.5 Å². The molecule has 5 nitrogen and oxygen atoms in total.